The van der Waals surface area contributed by atoms with Crippen molar-refractivity contribution in [3.63, 3.8) is 0 Å². The number of halogens is 1. The van der Waals surface area contributed by atoms with Gasteiger partial charge >= 0.3 is 0 Å². The summed E-state index contributed by atoms with van der Waals surface area (Å²) in [6.07, 6.45) is 0. The van der Waals surface area contributed by atoms with Crippen LogP contribution in [0.2, 0.25) is 5.02 Å². The van der Waals surface area contributed by atoms with E-state index in [0.29, 0.717) is 0 Å². The predicted octanol–water partition coefficient (Wildman–Crippen LogP) is 3.37. The predicted molar refractivity (Wildman–Crippen MR) is 91.6 cm³/mol. The molecule has 0 spiro atoms. The Kier molecular flexibility index (Phi) is 4.46. The minimum Gasteiger partial charge on any atom is -0.359 e. The Morgan fingerprint density at radius 1 is 1.09 bits per heavy atom. The summed E-state index contributed by atoms with van der Waals surface area (Å²) < 4.78 is 0. The van der Waals surface area contributed by atoms with Gasteiger partial charge < -0.3 is 10.2 Å². The largest absolute Gasteiger partial charge is 0.359 e. The summed E-state index contributed by atoms with van der Waals surface area (Å²) in [5, 5.41) is 3.96. The zero-order valence-electron chi connectivity index (χ0n) is 12.6. The fourth-order valence-corrected chi connectivity index (χ4v) is 2.80. The molecule has 3 aliphatic rings. The van der Waals surface area contributed by atoms with Gasteiger partial charge in [0.15, 0.2) is 5.78 Å². The van der Waals surface area contributed by atoms with E-state index in [1.165, 1.54) is 11.1 Å². The van der Waals surface area contributed by atoms with Crippen LogP contribution in [-0.4, -0.2) is 31.5 Å². The zero-order chi connectivity index (χ0) is 15.5. The van der Waals surface area contributed by atoms with Crippen LogP contribution in [0.4, 0.5) is 5.69 Å². The molecule has 1 aromatic carbocycles. The van der Waals surface area contributed by atoms with E-state index in [4.69, 9.17) is 11.6 Å². The number of rotatable bonds is 2. The van der Waals surface area contributed by atoms with Crippen molar-refractivity contribution >= 4 is 23.1 Å². The third-order valence-corrected chi connectivity index (χ3v) is 4.34. The second-order valence-corrected chi connectivity index (χ2v) is 6.01. The summed E-state index contributed by atoms with van der Waals surface area (Å²) in [4.78, 5) is 13.7. The highest BCUT2D eigenvalue weighted by molar-refractivity contribution is 6.30. The molecule has 1 unspecified atom stereocenters. The lowest BCUT2D eigenvalue weighted by Crippen LogP contribution is -2.54. The van der Waals surface area contributed by atoms with Crippen molar-refractivity contribution in [2.75, 3.05) is 24.5 Å². The molecule has 114 valence electrons. The van der Waals surface area contributed by atoms with E-state index >= 15 is 0 Å². The quantitative estimate of drug-likeness (QED) is 0.787. The summed E-state index contributed by atoms with van der Waals surface area (Å²) >= 11 is 5.85. The third kappa shape index (κ3) is 3.16. The fourth-order valence-electron chi connectivity index (χ4n) is 2.67. The highest BCUT2D eigenvalue weighted by Gasteiger charge is 2.25. The lowest BCUT2D eigenvalue weighted by atomic mass is 9.95. The average Bonchev–Trinajstić information content (AvgIpc) is 2.52. The lowest BCUT2D eigenvalue weighted by molar-refractivity contribution is -0.118. The number of Topliss-reactive ketones (excluding diaryl/α,β-unsaturated/α-hetero) is 1. The zero-order valence-corrected chi connectivity index (χ0v) is 13.3. The molecule has 4 heteroatoms. The van der Waals surface area contributed by atoms with Crippen molar-refractivity contribution in [3.8, 4) is 11.1 Å². The number of hydrogen-bond acceptors (Lipinski definition) is 3. The van der Waals surface area contributed by atoms with Crippen molar-refractivity contribution in [2.24, 2.45) is 0 Å². The van der Waals surface area contributed by atoms with Crippen LogP contribution in [0, 0.1) is 0 Å². The lowest BCUT2D eigenvalue weighted by Gasteiger charge is -2.36. The highest BCUT2D eigenvalue weighted by atomic mass is 35.5. The van der Waals surface area contributed by atoms with Gasteiger partial charge in [0.25, 0.3) is 0 Å². The Labute approximate surface area is 135 Å². The van der Waals surface area contributed by atoms with E-state index in [1.54, 1.807) is 6.92 Å². The number of carbonyl (C=O) groups excluding carboxylic acids is 1. The standard InChI is InChI=1S/C12H15ClN2O.C6H4/c1-9(16)12-8-14-6-7-15(12)11-4-2-10(13)3-5-11;1-2-6-4-3-5(1)6/h2-5,12,14H,6-8H2,1H3;1-4H. The fraction of sp³-hybridized carbons (Fsp3) is 0.278. The molecule has 3 nitrogen and oxygen atoms in total. The molecule has 1 fully saturated rings. The average molecular weight is 315 g/mol. The summed E-state index contributed by atoms with van der Waals surface area (Å²) in [6, 6.07) is 16.1. The van der Waals surface area contributed by atoms with Crippen LogP contribution in [0.5, 0.6) is 0 Å². The van der Waals surface area contributed by atoms with Crippen molar-refractivity contribution in [1.29, 1.82) is 0 Å². The molecule has 1 atom stereocenters. The van der Waals surface area contributed by atoms with E-state index in [1.807, 2.05) is 24.3 Å². The first-order valence-electron chi connectivity index (χ1n) is 7.49. The summed E-state index contributed by atoms with van der Waals surface area (Å²) in [5.74, 6) is 0.196. The van der Waals surface area contributed by atoms with Crippen LogP contribution in [0.25, 0.3) is 11.1 Å². The number of piperazine rings is 1. The van der Waals surface area contributed by atoms with Crippen molar-refractivity contribution in [2.45, 2.75) is 13.0 Å². The van der Waals surface area contributed by atoms with Crippen LogP contribution in [0.15, 0.2) is 48.5 Å². The van der Waals surface area contributed by atoms with Gasteiger partial charge in [-0.05, 0) is 42.3 Å². The number of nitrogens with zero attached hydrogens (tertiary/aromatic N) is 1. The molecule has 0 amide bonds. The SMILES string of the molecule is CC(=O)C1CNCCN1c1ccc(Cl)cc1.c1cc2ccc1-2. The molecule has 0 radical (unpaired) electrons. The molecule has 22 heavy (non-hydrogen) atoms. The first-order valence-corrected chi connectivity index (χ1v) is 7.87. The Balaban J connectivity index is 0.000000196. The van der Waals surface area contributed by atoms with Crippen molar-refractivity contribution < 1.29 is 4.79 Å². The van der Waals surface area contributed by atoms with Crippen LogP contribution in [-0.2, 0) is 4.79 Å². The number of carbonyl (C=O) groups is 1. The van der Waals surface area contributed by atoms with Gasteiger partial charge in [-0.2, -0.15) is 0 Å². The van der Waals surface area contributed by atoms with Crippen LogP contribution in [0.3, 0.4) is 0 Å². The summed E-state index contributed by atoms with van der Waals surface area (Å²) in [5.41, 5.74) is 3.91. The molecule has 1 saturated heterocycles. The Hall–Kier alpha value is -1.84. The molecular weight excluding hydrogens is 296 g/mol. The van der Waals surface area contributed by atoms with Gasteiger partial charge in [-0.1, -0.05) is 35.9 Å². The van der Waals surface area contributed by atoms with Gasteiger partial charge in [0.2, 0.25) is 0 Å². The molecule has 1 heterocycles. The minimum absolute atomic E-state index is 0.0603. The number of ketones is 1. The first-order chi connectivity index (χ1) is 10.6. The number of benzene rings is 2. The van der Waals surface area contributed by atoms with Gasteiger partial charge in [-0.3, -0.25) is 4.79 Å². The van der Waals surface area contributed by atoms with Gasteiger partial charge in [0, 0.05) is 30.3 Å². The maximum absolute atomic E-state index is 11.5. The summed E-state index contributed by atoms with van der Waals surface area (Å²) in [6.45, 7) is 4.12. The number of fused-ring (bicyclic) bond motifs is 1. The molecule has 0 aromatic heterocycles. The van der Waals surface area contributed by atoms with E-state index in [-0.39, 0.29) is 11.8 Å². The van der Waals surface area contributed by atoms with Gasteiger partial charge in [0.1, 0.15) is 0 Å². The minimum atomic E-state index is -0.0603. The number of hydrogen-bond donors (Lipinski definition) is 1. The topological polar surface area (TPSA) is 32.3 Å². The smallest absolute Gasteiger partial charge is 0.153 e. The molecule has 4 rings (SSSR count). The molecule has 1 aliphatic heterocycles. The Morgan fingerprint density at radius 3 is 2.14 bits per heavy atom. The van der Waals surface area contributed by atoms with Crippen molar-refractivity contribution in [1.82, 2.24) is 5.32 Å². The van der Waals surface area contributed by atoms with E-state index in [9.17, 15) is 4.79 Å². The van der Waals surface area contributed by atoms with E-state index < -0.39 is 0 Å². The molecular formula is C18H19ClN2O. The highest BCUT2D eigenvalue weighted by Crippen LogP contribution is 2.29. The van der Waals surface area contributed by atoms with Crippen molar-refractivity contribution in [3.05, 3.63) is 53.6 Å². The first kappa shape index (κ1) is 15.1. The normalized spacial score (nSPS) is 18.3. The number of nitrogens with one attached hydrogen (secondary N) is 1. The second kappa shape index (κ2) is 6.51. The molecule has 0 bridgehead atoms. The van der Waals surface area contributed by atoms with Gasteiger partial charge in [-0.15, -0.1) is 0 Å². The monoisotopic (exact) mass is 314 g/mol. The Morgan fingerprint density at radius 2 is 1.68 bits per heavy atom. The Bertz CT molecular complexity index is 631. The maximum atomic E-state index is 11.5. The van der Waals surface area contributed by atoms with Crippen LogP contribution in [0.1, 0.15) is 6.92 Å². The van der Waals surface area contributed by atoms with E-state index in [0.717, 1.165) is 30.3 Å². The van der Waals surface area contributed by atoms with Gasteiger partial charge in [-0.25, -0.2) is 0 Å². The second-order valence-electron chi connectivity index (χ2n) is 5.58. The van der Waals surface area contributed by atoms with E-state index in [2.05, 4.69) is 34.5 Å². The van der Waals surface area contributed by atoms with Crippen LogP contribution < -0.4 is 10.2 Å². The van der Waals surface area contributed by atoms with Gasteiger partial charge in [0.05, 0.1) is 6.04 Å². The molecule has 0 saturated carbocycles. The molecule has 2 aliphatic carbocycles. The number of anilines is 1. The van der Waals surface area contributed by atoms with Crippen LogP contribution >= 0.6 is 11.6 Å². The maximum Gasteiger partial charge on any atom is 0.153 e. The molecule has 1 aromatic rings. The molecule has 1 N–H and O–H groups in total. The summed E-state index contributed by atoms with van der Waals surface area (Å²) in [7, 11) is 0. The third-order valence-electron chi connectivity index (χ3n) is 4.09.